The Morgan fingerprint density at radius 2 is 2.05 bits per heavy atom. The van der Waals surface area contributed by atoms with E-state index in [0.717, 1.165) is 4.47 Å². The smallest absolute Gasteiger partial charge is 0.329 e. The third-order valence-corrected chi connectivity index (χ3v) is 6.34. The van der Waals surface area contributed by atoms with Crippen LogP contribution < -0.4 is 0 Å². The second-order valence-corrected chi connectivity index (χ2v) is 8.66. The molecule has 1 heterocycles. The Bertz CT molecular complexity index is 670. The van der Waals surface area contributed by atoms with Gasteiger partial charge in [-0.05, 0) is 41.1 Å². The second-order valence-electron chi connectivity index (χ2n) is 4.98. The Morgan fingerprint density at radius 1 is 1.43 bits per heavy atom. The van der Waals surface area contributed by atoms with Gasteiger partial charge in [0.05, 0.1) is 10.5 Å². The molecule has 116 valence electrons. The fraction of sp³-hybridized carbons (Fsp3) is 0.417. The highest BCUT2D eigenvalue weighted by Gasteiger charge is 2.46. The molecule has 1 aromatic carbocycles. The number of hydrogen-bond acceptors (Lipinski definition) is 4. The number of halogens is 2. The van der Waals surface area contributed by atoms with Gasteiger partial charge >= 0.3 is 5.97 Å². The molecule has 9 heteroatoms. The zero-order valence-electron chi connectivity index (χ0n) is 11.0. The number of hydrogen-bond donors (Lipinski definition) is 1. The number of benzene rings is 1. The first-order chi connectivity index (χ1) is 9.64. The van der Waals surface area contributed by atoms with Crippen LogP contribution >= 0.6 is 31.9 Å². The maximum Gasteiger partial charge on any atom is 0.329 e. The van der Waals surface area contributed by atoms with Crippen molar-refractivity contribution in [2.45, 2.75) is 17.4 Å². The van der Waals surface area contributed by atoms with E-state index in [2.05, 4.69) is 31.9 Å². The van der Waals surface area contributed by atoms with Gasteiger partial charge in [-0.2, -0.15) is 4.31 Å². The fourth-order valence-corrected chi connectivity index (χ4v) is 5.39. The highest BCUT2D eigenvalue weighted by molar-refractivity contribution is 9.11. The Kier molecular flexibility index (Phi) is 4.79. The van der Waals surface area contributed by atoms with Gasteiger partial charge in [0.25, 0.3) is 0 Å². The van der Waals surface area contributed by atoms with Crippen molar-refractivity contribution in [3.05, 3.63) is 27.1 Å². The van der Waals surface area contributed by atoms with Gasteiger partial charge in [0.15, 0.2) is 0 Å². The molecule has 1 N–H and O–H groups in total. The highest BCUT2D eigenvalue weighted by Crippen LogP contribution is 2.34. The average Bonchev–Trinajstić information content (AvgIpc) is 2.32. The van der Waals surface area contributed by atoms with E-state index in [1.165, 1.54) is 10.4 Å². The van der Waals surface area contributed by atoms with Crippen molar-refractivity contribution in [2.75, 3.05) is 19.7 Å². The number of ether oxygens (including phenoxy) is 1. The van der Waals surface area contributed by atoms with Crippen molar-refractivity contribution in [3.8, 4) is 0 Å². The molecule has 1 aliphatic rings. The van der Waals surface area contributed by atoms with E-state index in [1.54, 1.807) is 19.1 Å². The van der Waals surface area contributed by atoms with Crippen LogP contribution in [-0.2, 0) is 19.6 Å². The topological polar surface area (TPSA) is 83.9 Å². The van der Waals surface area contributed by atoms with E-state index < -0.39 is 28.2 Å². The van der Waals surface area contributed by atoms with Crippen LogP contribution in [0.4, 0.5) is 0 Å². The molecule has 1 aliphatic heterocycles. The summed E-state index contributed by atoms with van der Waals surface area (Å²) in [7, 11) is -3.62. The Hall–Kier alpha value is -0.480. The minimum atomic E-state index is -3.62. The molecule has 2 rings (SSSR count). The monoisotopic (exact) mass is 441 g/mol. The molecule has 1 fully saturated rings. The van der Waals surface area contributed by atoms with Gasteiger partial charge in [0.1, 0.15) is 6.61 Å². The largest absolute Gasteiger partial charge is 0.480 e. The zero-order chi connectivity index (χ0) is 15.8. The molecule has 0 aromatic heterocycles. The van der Waals surface area contributed by atoms with Crippen LogP contribution in [-0.4, -0.2) is 49.1 Å². The molecule has 1 saturated heterocycles. The molecule has 0 atom stereocenters. The normalized spacial score (nSPS) is 18.2. The molecule has 1 aromatic rings. The van der Waals surface area contributed by atoms with Crippen LogP contribution in [0, 0.1) is 0 Å². The molecule has 0 saturated carbocycles. The first kappa shape index (κ1) is 16.9. The van der Waals surface area contributed by atoms with Crippen LogP contribution in [0.1, 0.15) is 6.92 Å². The Balaban J connectivity index is 2.11. The van der Waals surface area contributed by atoms with Gasteiger partial charge in [-0.3, -0.25) is 0 Å². The molecule has 0 amide bonds. The lowest BCUT2D eigenvalue weighted by molar-refractivity contribution is -0.157. The average molecular weight is 443 g/mol. The summed E-state index contributed by atoms with van der Waals surface area (Å²) in [6, 6.07) is 4.82. The summed E-state index contributed by atoms with van der Waals surface area (Å²) in [5, 5.41) is 8.60. The van der Waals surface area contributed by atoms with Crippen molar-refractivity contribution >= 4 is 47.9 Å². The van der Waals surface area contributed by atoms with Gasteiger partial charge < -0.3 is 9.84 Å². The maximum absolute atomic E-state index is 12.5. The number of nitrogens with zero attached hydrogens (tertiary/aromatic N) is 1. The molecule has 0 bridgehead atoms. The van der Waals surface area contributed by atoms with Crippen LogP contribution in [0.2, 0.25) is 0 Å². The molecule has 21 heavy (non-hydrogen) atoms. The van der Waals surface area contributed by atoms with Gasteiger partial charge in [-0.25, -0.2) is 13.2 Å². The van der Waals surface area contributed by atoms with Crippen molar-refractivity contribution in [1.29, 1.82) is 0 Å². The van der Waals surface area contributed by atoms with Crippen LogP contribution in [0.3, 0.4) is 0 Å². The summed E-state index contributed by atoms with van der Waals surface area (Å²) < 4.78 is 32.7. The fourth-order valence-electron chi connectivity index (χ4n) is 2.02. The minimum Gasteiger partial charge on any atom is -0.480 e. The third kappa shape index (κ3) is 3.65. The lowest BCUT2D eigenvalue weighted by Gasteiger charge is -2.46. The number of sulfonamides is 1. The van der Waals surface area contributed by atoms with E-state index in [4.69, 9.17) is 9.84 Å². The van der Waals surface area contributed by atoms with Crippen molar-refractivity contribution in [2.24, 2.45) is 0 Å². The van der Waals surface area contributed by atoms with Crippen molar-refractivity contribution in [3.63, 3.8) is 0 Å². The predicted molar refractivity (Wildman–Crippen MR) is 82.6 cm³/mol. The van der Waals surface area contributed by atoms with Crippen LogP contribution in [0.15, 0.2) is 32.0 Å². The Labute approximate surface area is 139 Å². The second kappa shape index (κ2) is 5.96. The summed E-state index contributed by atoms with van der Waals surface area (Å²) >= 11 is 6.51. The van der Waals surface area contributed by atoms with Crippen molar-refractivity contribution < 1.29 is 23.1 Å². The molecule has 0 spiro atoms. The van der Waals surface area contributed by atoms with Crippen LogP contribution in [0.25, 0.3) is 0 Å². The molecular weight excluding hydrogens is 430 g/mol. The first-order valence-corrected chi connectivity index (χ1v) is 8.98. The highest BCUT2D eigenvalue weighted by atomic mass is 79.9. The number of aliphatic carboxylic acids is 1. The minimum absolute atomic E-state index is 0.130. The summed E-state index contributed by atoms with van der Waals surface area (Å²) in [5.74, 6) is -1.08. The SMILES string of the molecule is CC1(OCC(=O)O)CN(S(=O)(=O)c2ccc(Br)cc2Br)C1. The number of rotatable bonds is 5. The van der Waals surface area contributed by atoms with Crippen LogP contribution in [0.5, 0.6) is 0 Å². The molecule has 0 unspecified atom stereocenters. The molecular formula is C12H13Br2NO5S. The van der Waals surface area contributed by atoms with Crippen molar-refractivity contribution in [1.82, 2.24) is 4.31 Å². The lowest BCUT2D eigenvalue weighted by atomic mass is 10.0. The third-order valence-electron chi connectivity index (χ3n) is 3.08. The quantitative estimate of drug-likeness (QED) is 0.754. The standard InChI is InChI=1S/C12H13Br2NO5S/c1-12(20-5-11(16)17)6-15(7-12)21(18,19)10-3-2-8(13)4-9(10)14/h2-4H,5-7H2,1H3,(H,16,17). The maximum atomic E-state index is 12.5. The van der Waals surface area contributed by atoms with Gasteiger partial charge in [0, 0.05) is 22.0 Å². The summed E-state index contributed by atoms with van der Waals surface area (Å²) in [6.45, 7) is 1.52. The molecule has 0 aliphatic carbocycles. The van der Waals surface area contributed by atoms with Gasteiger partial charge in [-0.1, -0.05) is 15.9 Å². The number of carbonyl (C=O) groups is 1. The number of carboxylic acids is 1. The van der Waals surface area contributed by atoms with E-state index in [-0.39, 0.29) is 18.0 Å². The van der Waals surface area contributed by atoms with Gasteiger partial charge in [0.2, 0.25) is 10.0 Å². The zero-order valence-corrected chi connectivity index (χ0v) is 15.0. The lowest BCUT2D eigenvalue weighted by Crippen LogP contribution is -2.63. The summed E-state index contributed by atoms with van der Waals surface area (Å²) in [5.41, 5.74) is -0.757. The van der Waals surface area contributed by atoms with E-state index >= 15 is 0 Å². The van der Waals surface area contributed by atoms with E-state index in [0.29, 0.717) is 4.47 Å². The predicted octanol–water partition coefficient (Wildman–Crippen LogP) is 2.08. The van der Waals surface area contributed by atoms with E-state index in [1.807, 2.05) is 0 Å². The van der Waals surface area contributed by atoms with E-state index in [9.17, 15) is 13.2 Å². The number of carboxylic acid groups (broad SMARTS) is 1. The molecule has 0 radical (unpaired) electrons. The first-order valence-electron chi connectivity index (χ1n) is 5.95. The molecule has 6 nitrogen and oxygen atoms in total. The Morgan fingerprint density at radius 3 is 2.57 bits per heavy atom. The summed E-state index contributed by atoms with van der Waals surface area (Å²) in [4.78, 5) is 10.7. The summed E-state index contributed by atoms with van der Waals surface area (Å²) in [6.07, 6.45) is 0. The van der Waals surface area contributed by atoms with Gasteiger partial charge in [-0.15, -0.1) is 0 Å².